The zero-order chi connectivity index (χ0) is 14.2. The van der Waals surface area contributed by atoms with Crippen molar-refractivity contribution in [1.82, 2.24) is 10.2 Å². The van der Waals surface area contributed by atoms with Gasteiger partial charge in [0.2, 0.25) is 5.89 Å². The summed E-state index contributed by atoms with van der Waals surface area (Å²) in [5.41, 5.74) is 0.669. The highest BCUT2D eigenvalue weighted by Gasteiger charge is 2.24. The van der Waals surface area contributed by atoms with Gasteiger partial charge in [-0.05, 0) is 12.1 Å². The third-order valence-corrected chi connectivity index (χ3v) is 3.16. The molecule has 0 bridgehead atoms. The number of ether oxygens (including phenoxy) is 2. The van der Waals surface area contributed by atoms with Gasteiger partial charge in [-0.25, -0.2) is 0 Å². The molecule has 0 saturated carbocycles. The maximum atomic E-state index is 8.95. The molecule has 1 atom stereocenters. The van der Waals surface area contributed by atoms with Crippen LogP contribution in [0.25, 0.3) is 22.6 Å². The molecule has 1 aromatic carbocycles. The number of epoxide rings is 1. The lowest BCUT2D eigenvalue weighted by atomic mass is 10.2. The molecule has 1 aliphatic rings. The predicted octanol–water partition coefficient (Wildman–Crippen LogP) is 1.75. The van der Waals surface area contributed by atoms with Crippen molar-refractivity contribution >= 4 is 11.0 Å². The highest BCUT2D eigenvalue weighted by atomic mass is 16.6. The minimum atomic E-state index is -0.303. The van der Waals surface area contributed by atoms with Crippen LogP contribution in [0.4, 0.5) is 0 Å². The van der Waals surface area contributed by atoms with Crippen LogP contribution in [0.15, 0.2) is 33.1 Å². The number of nitrogens with zero attached hydrogens (tertiary/aromatic N) is 2. The standard InChI is InChI=1S/C14H12N2O5/c17-5-13-15-16-14(21-13)12-4-9-10(19-7-8-6-18-8)2-1-3-11(9)20-12/h1-4,8,17H,5-7H2/t8-/m0/s1. The smallest absolute Gasteiger partial charge is 0.283 e. The Morgan fingerprint density at radius 2 is 2.19 bits per heavy atom. The lowest BCUT2D eigenvalue weighted by Crippen LogP contribution is -2.03. The number of furan rings is 1. The average molecular weight is 288 g/mol. The molecule has 21 heavy (non-hydrogen) atoms. The van der Waals surface area contributed by atoms with E-state index < -0.39 is 0 Å². The number of benzene rings is 1. The van der Waals surface area contributed by atoms with Gasteiger partial charge in [0.05, 0.1) is 12.0 Å². The number of hydrogen-bond donors (Lipinski definition) is 1. The van der Waals surface area contributed by atoms with Gasteiger partial charge in [0.25, 0.3) is 5.89 Å². The molecule has 3 heterocycles. The molecular weight excluding hydrogens is 276 g/mol. The summed E-state index contributed by atoms with van der Waals surface area (Å²) in [5, 5.41) is 17.3. The molecule has 108 valence electrons. The Morgan fingerprint density at radius 3 is 2.95 bits per heavy atom. The zero-order valence-electron chi connectivity index (χ0n) is 11.0. The lowest BCUT2D eigenvalue weighted by Gasteiger charge is -2.04. The Kier molecular flexibility index (Phi) is 2.87. The topological polar surface area (TPSA) is 94.1 Å². The second-order valence-electron chi connectivity index (χ2n) is 4.70. The first-order valence-electron chi connectivity index (χ1n) is 6.54. The minimum Gasteiger partial charge on any atom is -0.490 e. The largest absolute Gasteiger partial charge is 0.490 e. The highest BCUT2D eigenvalue weighted by molar-refractivity contribution is 5.87. The number of hydrogen-bond acceptors (Lipinski definition) is 7. The normalized spacial score (nSPS) is 17.3. The fourth-order valence-electron chi connectivity index (χ4n) is 2.03. The summed E-state index contributed by atoms with van der Waals surface area (Å²) in [5.74, 6) is 1.54. The van der Waals surface area contributed by atoms with Crippen LogP contribution >= 0.6 is 0 Å². The number of aromatic nitrogens is 2. The Labute approximate surface area is 119 Å². The second-order valence-corrected chi connectivity index (χ2v) is 4.70. The number of rotatable bonds is 5. The minimum absolute atomic E-state index is 0.146. The van der Waals surface area contributed by atoms with Crippen LogP contribution in [0.5, 0.6) is 5.75 Å². The van der Waals surface area contributed by atoms with Gasteiger partial charge in [-0.15, -0.1) is 10.2 Å². The first-order valence-corrected chi connectivity index (χ1v) is 6.54. The van der Waals surface area contributed by atoms with E-state index >= 15 is 0 Å². The van der Waals surface area contributed by atoms with Gasteiger partial charge < -0.3 is 23.4 Å². The van der Waals surface area contributed by atoms with Crippen molar-refractivity contribution in [3.8, 4) is 17.4 Å². The molecule has 1 aliphatic heterocycles. The Hall–Kier alpha value is -2.38. The van der Waals surface area contributed by atoms with Gasteiger partial charge in [0.15, 0.2) is 5.76 Å². The van der Waals surface area contributed by atoms with E-state index in [4.69, 9.17) is 23.4 Å². The summed E-state index contributed by atoms with van der Waals surface area (Å²) in [6.07, 6.45) is 0.190. The number of aliphatic hydroxyl groups excluding tert-OH is 1. The van der Waals surface area contributed by atoms with Gasteiger partial charge >= 0.3 is 0 Å². The second kappa shape index (κ2) is 4.87. The molecule has 4 rings (SSSR count). The molecule has 0 radical (unpaired) electrons. The first kappa shape index (κ1) is 12.4. The van der Waals surface area contributed by atoms with Crippen LogP contribution in [0.1, 0.15) is 5.89 Å². The quantitative estimate of drug-likeness (QED) is 0.715. The molecule has 1 N–H and O–H groups in total. The molecule has 0 aliphatic carbocycles. The SMILES string of the molecule is OCc1nnc(-c2cc3c(OC[C@@H]4CO4)cccc3o2)o1. The van der Waals surface area contributed by atoms with Crippen LogP contribution in [-0.2, 0) is 11.3 Å². The molecule has 2 aromatic heterocycles. The van der Waals surface area contributed by atoms with Crippen LogP contribution in [0.3, 0.4) is 0 Å². The summed E-state index contributed by atoms with van der Waals surface area (Å²) in [6.45, 7) is 0.969. The van der Waals surface area contributed by atoms with Crippen molar-refractivity contribution in [3.63, 3.8) is 0 Å². The molecule has 7 nitrogen and oxygen atoms in total. The molecule has 3 aromatic rings. The number of fused-ring (bicyclic) bond motifs is 1. The van der Waals surface area contributed by atoms with Gasteiger partial charge in [0.1, 0.15) is 30.7 Å². The van der Waals surface area contributed by atoms with Crippen molar-refractivity contribution in [2.75, 3.05) is 13.2 Å². The number of aliphatic hydroxyl groups is 1. The molecular formula is C14H12N2O5. The van der Waals surface area contributed by atoms with E-state index in [1.54, 1.807) is 6.07 Å². The Balaban J connectivity index is 1.69. The summed E-state index contributed by atoms with van der Waals surface area (Å²) >= 11 is 0. The van der Waals surface area contributed by atoms with Crippen LogP contribution in [0.2, 0.25) is 0 Å². The summed E-state index contributed by atoms with van der Waals surface area (Å²) in [6, 6.07) is 7.35. The van der Waals surface area contributed by atoms with E-state index in [1.807, 2.05) is 18.2 Å². The lowest BCUT2D eigenvalue weighted by molar-refractivity contribution is 0.241. The van der Waals surface area contributed by atoms with Gasteiger partial charge in [0, 0.05) is 6.07 Å². The van der Waals surface area contributed by atoms with E-state index in [-0.39, 0.29) is 24.5 Å². The van der Waals surface area contributed by atoms with E-state index in [9.17, 15) is 0 Å². The molecule has 0 spiro atoms. The van der Waals surface area contributed by atoms with Crippen LogP contribution < -0.4 is 4.74 Å². The Morgan fingerprint density at radius 1 is 1.29 bits per heavy atom. The maximum Gasteiger partial charge on any atom is 0.283 e. The first-order chi connectivity index (χ1) is 10.3. The summed E-state index contributed by atoms with van der Waals surface area (Å²) in [4.78, 5) is 0. The van der Waals surface area contributed by atoms with Crippen molar-refractivity contribution in [1.29, 1.82) is 0 Å². The van der Waals surface area contributed by atoms with Crippen LogP contribution in [0, 0.1) is 0 Å². The van der Waals surface area contributed by atoms with Crippen LogP contribution in [-0.4, -0.2) is 34.6 Å². The van der Waals surface area contributed by atoms with Crippen molar-refractivity contribution in [2.45, 2.75) is 12.7 Å². The van der Waals surface area contributed by atoms with E-state index in [0.29, 0.717) is 18.0 Å². The molecule has 0 amide bonds. The van der Waals surface area contributed by atoms with Crippen molar-refractivity contribution in [3.05, 3.63) is 30.2 Å². The predicted molar refractivity (Wildman–Crippen MR) is 70.7 cm³/mol. The highest BCUT2D eigenvalue weighted by Crippen LogP contribution is 2.33. The maximum absolute atomic E-state index is 8.95. The van der Waals surface area contributed by atoms with Gasteiger partial charge in [-0.3, -0.25) is 0 Å². The van der Waals surface area contributed by atoms with E-state index in [2.05, 4.69) is 10.2 Å². The monoisotopic (exact) mass is 288 g/mol. The van der Waals surface area contributed by atoms with Gasteiger partial charge in [-0.1, -0.05) is 6.07 Å². The summed E-state index contributed by atoms with van der Waals surface area (Å²) in [7, 11) is 0. The van der Waals surface area contributed by atoms with E-state index in [0.717, 1.165) is 17.7 Å². The fourth-order valence-corrected chi connectivity index (χ4v) is 2.03. The molecule has 7 heteroatoms. The van der Waals surface area contributed by atoms with E-state index in [1.165, 1.54) is 0 Å². The zero-order valence-corrected chi connectivity index (χ0v) is 11.0. The van der Waals surface area contributed by atoms with Gasteiger partial charge in [-0.2, -0.15) is 0 Å². The van der Waals surface area contributed by atoms with Crippen molar-refractivity contribution < 1.29 is 23.4 Å². The Bertz CT molecular complexity index is 775. The average Bonchev–Trinajstić information content (AvgIpc) is 3.03. The van der Waals surface area contributed by atoms with Crippen molar-refractivity contribution in [2.24, 2.45) is 0 Å². The molecule has 0 unspecified atom stereocenters. The third kappa shape index (κ3) is 2.37. The molecule has 1 saturated heterocycles. The molecule has 1 fully saturated rings. The summed E-state index contributed by atoms with van der Waals surface area (Å²) < 4.78 is 21.8. The fraction of sp³-hybridized carbons (Fsp3) is 0.286. The third-order valence-electron chi connectivity index (χ3n) is 3.16.